The second kappa shape index (κ2) is 5.40. The number of amides is 2. The van der Waals surface area contributed by atoms with Gasteiger partial charge >= 0.3 is 6.09 Å². The minimum absolute atomic E-state index is 0.138. The average Bonchev–Trinajstić information content (AvgIpc) is 3.45. The topological polar surface area (TPSA) is 53.1 Å². The molecule has 3 atom stereocenters. The Labute approximate surface area is 161 Å². The first-order valence-electron chi connectivity index (χ1n) is 11.0. The molecule has 6 heteroatoms. The summed E-state index contributed by atoms with van der Waals surface area (Å²) >= 11 is 0. The maximum Gasteiger partial charge on any atom is 0.409 e. The van der Waals surface area contributed by atoms with E-state index in [9.17, 15) is 9.59 Å². The van der Waals surface area contributed by atoms with Crippen LogP contribution in [0.5, 0.6) is 0 Å². The number of hydrogen-bond acceptors (Lipinski definition) is 4. The SMILES string of the molecule is CCOC(=O)N1CCC2(CC(N3C[C@@H]4[C@H](C3)[C@H]4C(=O)N3CCC34CC4)C2)C1. The lowest BCUT2D eigenvalue weighted by molar-refractivity contribution is -0.143. The fourth-order valence-electron chi connectivity index (χ4n) is 6.79. The molecule has 0 aromatic heterocycles. The van der Waals surface area contributed by atoms with Gasteiger partial charge in [0.1, 0.15) is 0 Å². The third-order valence-electron chi connectivity index (χ3n) is 8.79. The van der Waals surface area contributed by atoms with Crippen molar-refractivity contribution in [2.24, 2.45) is 23.2 Å². The fourth-order valence-corrected chi connectivity index (χ4v) is 6.79. The molecule has 6 fully saturated rings. The summed E-state index contributed by atoms with van der Waals surface area (Å²) in [6.07, 6.45) is 7.17. The van der Waals surface area contributed by atoms with E-state index in [4.69, 9.17) is 4.74 Å². The molecular formula is C21H31N3O3. The smallest absolute Gasteiger partial charge is 0.409 e. The maximum atomic E-state index is 12.8. The van der Waals surface area contributed by atoms with E-state index in [0.717, 1.165) is 39.1 Å². The summed E-state index contributed by atoms with van der Waals surface area (Å²) in [5.74, 6) is 2.09. The highest BCUT2D eigenvalue weighted by Crippen LogP contribution is 2.60. The molecule has 6 rings (SSSR count). The van der Waals surface area contributed by atoms with Crippen molar-refractivity contribution in [2.75, 3.05) is 39.3 Å². The summed E-state index contributed by atoms with van der Waals surface area (Å²) in [5, 5.41) is 0. The van der Waals surface area contributed by atoms with Crippen LogP contribution < -0.4 is 0 Å². The average molecular weight is 373 g/mol. The fraction of sp³-hybridized carbons (Fsp3) is 0.905. The summed E-state index contributed by atoms with van der Waals surface area (Å²) in [6, 6.07) is 0.675. The number of ether oxygens (including phenoxy) is 1. The summed E-state index contributed by atoms with van der Waals surface area (Å²) in [4.78, 5) is 31.6. The standard InChI is InChI=1S/C21H31N3O3/c1-2-27-19(26)22-7-5-20(13-22)9-14(10-20)23-11-15-16(12-23)17(15)18(25)24-8-6-21(24)3-4-21/h14-17H,2-13H2,1H3/t14?,15-,16+,17+,20?. The minimum Gasteiger partial charge on any atom is -0.450 e. The van der Waals surface area contributed by atoms with Crippen LogP contribution in [0, 0.1) is 23.2 Å². The van der Waals surface area contributed by atoms with Crippen LogP contribution in [0.3, 0.4) is 0 Å². The van der Waals surface area contributed by atoms with Crippen molar-refractivity contribution in [3.05, 3.63) is 0 Å². The number of carbonyl (C=O) groups is 2. The molecule has 0 N–H and O–H groups in total. The van der Waals surface area contributed by atoms with Gasteiger partial charge < -0.3 is 14.5 Å². The molecule has 0 aromatic carbocycles. The Balaban J connectivity index is 0.990. The van der Waals surface area contributed by atoms with Crippen molar-refractivity contribution < 1.29 is 14.3 Å². The molecule has 2 amide bonds. The normalized spacial score (nSPS) is 43.4. The van der Waals surface area contributed by atoms with Crippen LogP contribution >= 0.6 is 0 Å². The van der Waals surface area contributed by atoms with Gasteiger partial charge in [-0.25, -0.2) is 4.79 Å². The van der Waals surface area contributed by atoms with Gasteiger partial charge in [-0.2, -0.15) is 0 Å². The zero-order chi connectivity index (χ0) is 18.4. The molecule has 3 heterocycles. The van der Waals surface area contributed by atoms with Gasteiger partial charge in [0.05, 0.1) is 6.61 Å². The van der Waals surface area contributed by atoms with E-state index in [1.807, 2.05) is 11.8 Å². The third-order valence-corrected chi connectivity index (χ3v) is 8.79. The molecule has 3 aliphatic carbocycles. The van der Waals surface area contributed by atoms with Crippen molar-refractivity contribution in [1.29, 1.82) is 0 Å². The summed E-state index contributed by atoms with van der Waals surface area (Å²) in [6.45, 7) is 7.33. The van der Waals surface area contributed by atoms with Crippen LogP contribution in [0.2, 0.25) is 0 Å². The van der Waals surface area contributed by atoms with Crippen LogP contribution in [0.4, 0.5) is 4.79 Å². The van der Waals surface area contributed by atoms with Crippen LogP contribution in [-0.4, -0.2) is 77.6 Å². The number of nitrogens with zero attached hydrogens (tertiary/aromatic N) is 3. The van der Waals surface area contributed by atoms with Gasteiger partial charge in [0, 0.05) is 50.2 Å². The molecule has 148 valence electrons. The molecule has 3 saturated carbocycles. The van der Waals surface area contributed by atoms with Crippen molar-refractivity contribution in [2.45, 2.75) is 57.0 Å². The zero-order valence-electron chi connectivity index (χ0n) is 16.4. The lowest BCUT2D eigenvalue weighted by atomic mass is 9.64. The molecule has 6 aliphatic rings. The lowest BCUT2D eigenvalue weighted by Gasteiger charge is -2.49. The number of likely N-dealkylation sites (tertiary alicyclic amines) is 3. The Morgan fingerprint density at radius 1 is 1.04 bits per heavy atom. The molecule has 0 bridgehead atoms. The molecule has 0 aromatic rings. The van der Waals surface area contributed by atoms with Gasteiger partial charge in [0.25, 0.3) is 0 Å². The van der Waals surface area contributed by atoms with Crippen LogP contribution in [-0.2, 0) is 9.53 Å². The Morgan fingerprint density at radius 3 is 2.37 bits per heavy atom. The van der Waals surface area contributed by atoms with Gasteiger partial charge in [-0.15, -0.1) is 0 Å². The predicted octanol–water partition coefficient (Wildman–Crippen LogP) is 1.94. The van der Waals surface area contributed by atoms with Crippen molar-refractivity contribution in [3.8, 4) is 0 Å². The van der Waals surface area contributed by atoms with Crippen LogP contribution in [0.1, 0.15) is 45.4 Å². The van der Waals surface area contributed by atoms with Gasteiger partial charge in [-0.1, -0.05) is 0 Å². The number of hydrogen-bond donors (Lipinski definition) is 0. The molecule has 3 aliphatic heterocycles. The first-order valence-corrected chi connectivity index (χ1v) is 11.0. The van der Waals surface area contributed by atoms with Crippen molar-refractivity contribution in [1.82, 2.24) is 14.7 Å². The highest BCUT2D eigenvalue weighted by atomic mass is 16.6. The van der Waals surface area contributed by atoms with Gasteiger partial charge in [0.2, 0.25) is 5.91 Å². The van der Waals surface area contributed by atoms with Crippen molar-refractivity contribution >= 4 is 12.0 Å². The largest absolute Gasteiger partial charge is 0.450 e. The minimum atomic E-state index is -0.138. The third kappa shape index (κ3) is 2.34. The molecule has 0 unspecified atom stereocenters. The van der Waals surface area contributed by atoms with E-state index in [1.54, 1.807) is 0 Å². The predicted molar refractivity (Wildman–Crippen MR) is 99.0 cm³/mol. The number of rotatable bonds is 3. The first kappa shape index (κ1) is 16.6. The molecule has 2 spiro atoms. The second-order valence-corrected chi connectivity index (χ2v) is 10.2. The van der Waals surface area contributed by atoms with E-state index in [-0.39, 0.29) is 6.09 Å². The lowest BCUT2D eigenvalue weighted by Crippen LogP contribution is -2.55. The Kier molecular flexibility index (Phi) is 3.33. The van der Waals surface area contributed by atoms with E-state index >= 15 is 0 Å². The Bertz CT molecular complexity index is 672. The molecule has 6 nitrogen and oxygen atoms in total. The van der Waals surface area contributed by atoms with Gasteiger partial charge in [0.15, 0.2) is 0 Å². The van der Waals surface area contributed by atoms with Crippen LogP contribution in [0.25, 0.3) is 0 Å². The number of piperidine rings is 1. The summed E-state index contributed by atoms with van der Waals surface area (Å²) in [7, 11) is 0. The van der Waals surface area contributed by atoms with Crippen molar-refractivity contribution in [3.63, 3.8) is 0 Å². The van der Waals surface area contributed by atoms with E-state index < -0.39 is 0 Å². The molecule has 3 saturated heterocycles. The second-order valence-electron chi connectivity index (χ2n) is 10.2. The molecule has 0 radical (unpaired) electrons. The summed E-state index contributed by atoms with van der Waals surface area (Å²) < 4.78 is 5.16. The van der Waals surface area contributed by atoms with E-state index in [0.29, 0.717) is 47.3 Å². The monoisotopic (exact) mass is 373 g/mol. The Morgan fingerprint density at radius 2 is 1.78 bits per heavy atom. The molecular weight excluding hydrogens is 342 g/mol. The van der Waals surface area contributed by atoms with E-state index in [2.05, 4.69) is 9.80 Å². The summed E-state index contributed by atoms with van der Waals surface area (Å²) in [5.41, 5.74) is 0.677. The highest BCUT2D eigenvalue weighted by Gasteiger charge is 2.66. The molecule has 27 heavy (non-hydrogen) atoms. The Hall–Kier alpha value is -1.30. The quantitative estimate of drug-likeness (QED) is 0.759. The van der Waals surface area contributed by atoms with Gasteiger partial charge in [-0.05, 0) is 62.7 Å². The first-order chi connectivity index (χ1) is 13.0. The van der Waals surface area contributed by atoms with Crippen LogP contribution in [0.15, 0.2) is 0 Å². The number of carbonyl (C=O) groups excluding carboxylic acids is 2. The zero-order valence-corrected chi connectivity index (χ0v) is 16.4. The number of fused-ring (bicyclic) bond motifs is 1. The highest BCUT2D eigenvalue weighted by molar-refractivity contribution is 5.84. The van der Waals surface area contributed by atoms with Gasteiger partial charge in [-0.3, -0.25) is 9.69 Å². The maximum absolute atomic E-state index is 12.8. The van der Waals surface area contributed by atoms with E-state index in [1.165, 1.54) is 32.1 Å².